The maximum Gasteiger partial charge on any atom is 0.242 e. The highest BCUT2D eigenvalue weighted by molar-refractivity contribution is 7.89. The van der Waals surface area contributed by atoms with Gasteiger partial charge >= 0.3 is 0 Å². The smallest absolute Gasteiger partial charge is 0.242 e. The summed E-state index contributed by atoms with van der Waals surface area (Å²) in [6.07, 6.45) is 0.896. The average Bonchev–Trinajstić information content (AvgIpc) is 2.55. The number of sulfonamides is 1. The zero-order chi connectivity index (χ0) is 17.7. The normalized spacial score (nSPS) is 11.5. The first-order chi connectivity index (χ1) is 11.3. The summed E-state index contributed by atoms with van der Waals surface area (Å²) in [5, 5.41) is 2.85. The average molecular weight is 346 g/mol. The lowest BCUT2D eigenvalue weighted by molar-refractivity contribution is -0.116. The molecule has 5 nitrogen and oxygen atoms in total. The highest BCUT2D eigenvalue weighted by Gasteiger charge is 2.16. The Labute approximate surface area is 143 Å². The Bertz CT molecular complexity index is 795. The number of nitrogens with zero attached hydrogens (tertiary/aromatic N) is 1. The molecule has 0 saturated carbocycles. The van der Waals surface area contributed by atoms with E-state index in [1.165, 1.54) is 18.4 Å². The molecule has 128 valence electrons. The number of amides is 1. The second-order valence-electron chi connectivity index (χ2n) is 5.85. The van der Waals surface area contributed by atoms with Crippen LogP contribution in [0.5, 0.6) is 0 Å². The van der Waals surface area contributed by atoms with Gasteiger partial charge in [0.15, 0.2) is 0 Å². The van der Waals surface area contributed by atoms with E-state index >= 15 is 0 Å². The maximum atomic E-state index is 12.0. The molecule has 0 aliphatic rings. The molecule has 24 heavy (non-hydrogen) atoms. The highest BCUT2D eigenvalue weighted by atomic mass is 32.2. The minimum atomic E-state index is -3.42. The van der Waals surface area contributed by atoms with Crippen LogP contribution in [0.1, 0.15) is 17.5 Å². The molecule has 2 aromatic carbocycles. The summed E-state index contributed by atoms with van der Waals surface area (Å²) in [5.41, 5.74) is 2.84. The molecule has 0 bridgehead atoms. The summed E-state index contributed by atoms with van der Waals surface area (Å²) in [6, 6.07) is 14.3. The minimum Gasteiger partial charge on any atom is -0.326 e. The largest absolute Gasteiger partial charge is 0.326 e. The van der Waals surface area contributed by atoms with E-state index in [1.54, 1.807) is 24.3 Å². The molecule has 0 fully saturated rings. The van der Waals surface area contributed by atoms with Crippen molar-refractivity contribution in [2.24, 2.45) is 0 Å². The van der Waals surface area contributed by atoms with E-state index < -0.39 is 10.0 Å². The van der Waals surface area contributed by atoms with Crippen LogP contribution in [0.2, 0.25) is 0 Å². The number of hydrogen-bond acceptors (Lipinski definition) is 3. The van der Waals surface area contributed by atoms with Crippen LogP contribution in [0, 0.1) is 6.92 Å². The van der Waals surface area contributed by atoms with Gasteiger partial charge in [-0.2, -0.15) is 0 Å². The summed E-state index contributed by atoms with van der Waals surface area (Å²) in [4.78, 5) is 12.2. The van der Waals surface area contributed by atoms with Gasteiger partial charge in [-0.15, -0.1) is 0 Å². The number of carbonyl (C=O) groups is 1. The van der Waals surface area contributed by atoms with Crippen LogP contribution in [0.15, 0.2) is 53.4 Å². The van der Waals surface area contributed by atoms with Crippen molar-refractivity contribution in [2.75, 3.05) is 19.4 Å². The van der Waals surface area contributed by atoms with Crippen molar-refractivity contribution in [3.63, 3.8) is 0 Å². The topological polar surface area (TPSA) is 66.5 Å². The summed E-state index contributed by atoms with van der Waals surface area (Å²) in [7, 11) is -0.418. The standard InChI is InChI=1S/C18H22N2O3S/c1-14-4-9-16(10-5-14)19-18(21)13-8-15-6-11-17(12-7-15)24(22,23)20(2)3/h4-7,9-12H,8,13H2,1-3H3,(H,19,21). The van der Waals surface area contributed by atoms with Crippen molar-refractivity contribution in [1.29, 1.82) is 0 Å². The molecule has 2 aromatic rings. The van der Waals surface area contributed by atoms with E-state index in [0.717, 1.165) is 16.8 Å². The SMILES string of the molecule is Cc1ccc(NC(=O)CCc2ccc(S(=O)(=O)N(C)C)cc2)cc1. The predicted octanol–water partition coefficient (Wildman–Crippen LogP) is 2.82. The van der Waals surface area contributed by atoms with Crippen molar-refractivity contribution in [2.45, 2.75) is 24.7 Å². The maximum absolute atomic E-state index is 12.0. The second-order valence-corrected chi connectivity index (χ2v) is 8.00. The Morgan fingerprint density at radius 3 is 2.12 bits per heavy atom. The fourth-order valence-electron chi connectivity index (χ4n) is 2.16. The summed E-state index contributed by atoms with van der Waals surface area (Å²) >= 11 is 0. The van der Waals surface area contributed by atoms with E-state index in [-0.39, 0.29) is 10.8 Å². The summed E-state index contributed by atoms with van der Waals surface area (Å²) in [5.74, 6) is -0.0659. The van der Waals surface area contributed by atoms with Gasteiger partial charge in [-0.3, -0.25) is 4.79 Å². The molecule has 6 heteroatoms. The van der Waals surface area contributed by atoms with Crippen LogP contribution in [-0.2, 0) is 21.2 Å². The number of rotatable bonds is 6. The molecule has 1 amide bonds. The van der Waals surface area contributed by atoms with Crippen molar-refractivity contribution < 1.29 is 13.2 Å². The number of carbonyl (C=O) groups excluding carboxylic acids is 1. The number of benzene rings is 2. The number of anilines is 1. The third-order valence-corrected chi connectivity index (χ3v) is 5.51. The van der Waals surface area contributed by atoms with Crippen LogP contribution in [0.4, 0.5) is 5.69 Å². The molecule has 0 saturated heterocycles. The molecule has 0 heterocycles. The van der Waals surface area contributed by atoms with E-state index in [2.05, 4.69) is 5.32 Å². The van der Waals surface area contributed by atoms with Gasteiger partial charge < -0.3 is 5.32 Å². The fourth-order valence-corrected chi connectivity index (χ4v) is 3.06. The summed E-state index contributed by atoms with van der Waals surface area (Å²) in [6.45, 7) is 1.99. The first kappa shape index (κ1) is 18.2. The fraction of sp³-hybridized carbons (Fsp3) is 0.278. The third-order valence-electron chi connectivity index (χ3n) is 3.68. The van der Waals surface area contributed by atoms with E-state index in [1.807, 2.05) is 31.2 Å². The number of aryl methyl sites for hydroxylation is 2. The van der Waals surface area contributed by atoms with Crippen LogP contribution in [-0.4, -0.2) is 32.7 Å². The summed E-state index contributed by atoms with van der Waals surface area (Å²) < 4.78 is 25.2. The molecular formula is C18H22N2O3S. The zero-order valence-corrected chi connectivity index (χ0v) is 14.9. The van der Waals surface area contributed by atoms with E-state index in [0.29, 0.717) is 12.8 Å². The first-order valence-corrected chi connectivity index (χ1v) is 9.11. The lowest BCUT2D eigenvalue weighted by atomic mass is 10.1. The molecule has 0 aliphatic heterocycles. The van der Waals surface area contributed by atoms with Gasteiger partial charge in [0.25, 0.3) is 0 Å². The molecule has 0 aromatic heterocycles. The van der Waals surface area contributed by atoms with Gasteiger partial charge in [-0.1, -0.05) is 29.8 Å². The van der Waals surface area contributed by atoms with Gasteiger partial charge in [-0.25, -0.2) is 12.7 Å². The van der Waals surface area contributed by atoms with Gasteiger partial charge in [0.1, 0.15) is 0 Å². The van der Waals surface area contributed by atoms with Crippen molar-refractivity contribution in [3.8, 4) is 0 Å². The predicted molar refractivity (Wildman–Crippen MR) is 95.4 cm³/mol. The quantitative estimate of drug-likeness (QED) is 0.875. The molecule has 0 radical (unpaired) electrons. The molecule has 0 spiro atoms. The highest BCUT2D eigenvalue weighted by Crippen LogP contribution is 2.15. The van der Waals surface area contributed by atoms with Crippen molar-refractivity contribution in [1.82, 2.24) is 4.31 Å². The lowest BCUT2D eigenvalue weighted by Crippen LogP contribution is -2.22. The van der Waals surface area contributed by atoms with Crippen molar-refractivity contribution in [3.05, 3.63) is 59.7 Å². The van der Waals surface area contributed by atoms with Gasteiger partial charge in [-0.05, 0) is 43.2 Å². The first-order valence-electron chi connectivity index (χ1n) is 7.67. The zero-order valence-electron chi connectivity index (χ0n) is 14.1. The van der Waals surface area contributed by atoms with Crippen LogP contribution < -0.4 is 5.32 Å². The van der Waals surface area contributed by atoms with E-state index in [9.17, 15) is 13.2 Å². The van der Waals surface area contributed by atoms with Gasteiger partial charge in [0.05, 0.1) is 4.90 Å². The molecule has 1 N–H and O–H groups in total. The number of hydrogen-bond donors (Lipinski definition) is 1. The molecule has 0 unspecified atom stereocenters. The third kappa shape index (κ3) is 4.66. The van der Waals surface area contributed by atoms with Crippen LogP contribution in [0.25, 0.3) is 0 Å². The Balaban J connectivity index is 1.92. The monoisotopic (exact) mass is 346 g/mol. The van der Waals surface area contributed by atoms with E-state index in [4.69, 9.17) is 0 Å². The number of nitrogens with one attached hydrogen (secondary N) is 1. The second kappa shape index (κ2) is 7.59. The Morgan fingerprint density at radius 1 is 1.00 bits per heavy atom. The van der Waals surface area contributed by atoms with Gasteiger partial charge in [0.2, 0.25) is 15.9 Å². The van der Waals surface area contributed by atoms with Crippen LogP contribution >= 0.6 is 0 Å². The lowest BCUT2D eigenvalue weighted by Gasteiger charge is -2.11. The van der Waals surface area contributed by atoms with Gasteiger partial charge in [0, 0.05) is 26.2 Å². The molecule has 2 rings (SSSR count). The Kier molecular flexibility index (Phi) is 5.75. The Hall–Kier alpha value is -2.18. The van der Waals surface area contributed by atoms with Crippen LogP contribution in [0.3, 0.4) is 0 Å². The molecular weight excluding hydrogens is 324 g/mol. The van der Waals surface area contributed by atoms with Crippen molar-refractivity contribution >= 4 is 21.6 Å². The molecule has 0 aliphatic carbocycles. The Morgan fingerprint density at radius 2 is 1.58 bits per heavy atom. The minimum absolute atomic E-state index is 0.0659. The molecule has 0 atom stereocenters.